The van der Waals surface area contributed by atoms with Crippen LogP contribution in [0.3, 0.4) is 0 Å². The fraction of sp³-hybridized carbons (Fsp3) is 0.409. The van der Waals surface area contributed by atoms with E-state index < -0.39 is 0 Å². The van der Waals surface area contributed by atoms with Crippen molar-refractivity contribution in [1.29, 1.82) is 0 Å². The topological polar surface area (TPSA) is 64.1 Å². The molecular weight excluding hydrogens is 354 g/mol. The minimum absolute atomic E-state index is 0.277. The SMILES string of the molecule is CN=C(NCc1ccc(OCc2ccccc2)c(OC)c1)NCC1CCCO1. The molecule has 0 saturated carbocycles. The number of hydrogen-bond acceptors (Lipinski definition) is 4. The molecule has 1 aliphatic heterocycles. The molecule has 1 fully saturated rings. The Morgan fingerprint density at radius 2 is 1.96 bits per heavy atom. The number of rotatable bonds is 8. The molecule has 0 bridgehead atoms. The molecule has 0 aliphatic carbocycles. The van der Waals surface area contributed by atoms with Crippen LogP contribution in [0.4, 0.5) is 0 Å². The first-order valence-corrected chi connectivity index (χ1v) is 9.68. The molecule has 0 amide bonds. The van der Waals surface area contributed by atoms with E-state index in [1.165, 1.54) is 0 Å². The average molecular weight is 383 g/mol. The summed E-state index contributed by atoms with van der Waals surface area (Å²) >= 11 is 0. The Hall–Kier alpha value is -2.73. The van der Waals surface area contributed by atoms with Gasteiger partial charge in [-0.05, 0) is 36.1 Å². The van der Waals surface area contributed by atoms with E-state index in [-0.39, 0.29) is 6.10 Å². The largest absolute Gasteiger partial charge is 0.493 e. The Bertz CT molecular complexity index is 759. The summed E-state index contributed by atoms with van der Waals surface area (Å²) in [5, 5.41) is 6.64. The van der Waals surface area contributed by atoms with Crippen LogP contribution in [0.25, 0.3) is 0 Å². The first-order valence-electron chi connectivity index (χ1n) is 9.68. The number of nitrogens with zero attached hydrogens (tertiary/aromatic N) is 1. The Morgan fingerprint density at radius 1 is 1.11 bits per heavy atom. The van der Waals surface area contributed by atoms with Crippen molar-refractivity contribution in [3.8, 4) is 11.5 Å². The zero-order valence-electron chi connectivity index (χ0n) is 16.6. The summed E-state index contributed by atoms with van der Waals surface area (Å²) in [6.07, 6.45) is 2.52. The molecule has 1 aliphatic rings. The van der Waals surface area contributed by atoms with Crippen molar-refractivity contribution in [2.75, 3.05) is 27.3 Å². The number of benzene rings is 2. The van der Waals surface area contributed by atoms with Crippen molar-refractivity contribution in [2.45, 2.75) is 32.1 Å². The first kappa shape index (κ1) is 20.0. The Labute approximate surface area is 166 Å². The van der Waals surface area contributed by atoms with Crippen molar-refractivity contribution in [2.24, 2.45) is 4.99 Å². The molecule has 1 saturated heterocycles. The maximum absolute atomic E-state index is 5.92. The van der Waals surface area contributed by atoms with Crippen LogP contribution >= 0.6 is 0 Å². The lowest BCUT2D eigenvalue weighted by Gasteiger charge is -2.16. The number of guanidine groups is 1. The number of nitrogens with one attached hydrogen (secondary N) is 2. The van der Waals surface area contributed by atoms with Crippen LogP contribution in [0.5, 0.6) is 11.5 Å². The lowest BCUT2D eigenvalue weighted by molar-refractivity contribution is 0.114. The van der Waals surface area contributed by atoms with Crippen LogP contribution < -0.4 is 20.1 Å². The van der Waals surface area contributed by atoms with E-state index in [0.717, 1.165) is 54.6 Å². The molecule has 2 aromatic carbocycles. The average Bonchev–Trinajstić information content (AvgIpc) is 3.27. The zero-order valence-corrected chi connectivity index (χ0v) is 16.6. The van der Waals surface area contributed by atoms with Crippen LogP contribution in [-0.4, -0.2) is 39.4 Å². The Morgan fingerprint density at radius 3 is 2.68 bits per heavy atom. The third kappa shape index (κ3) is 5.89. The van der Waals surface area contributed by atoms with Crippen LogP contribution in [0.1, 0.15) is 24.0 Å². The van der Waals surface area contributed by atoms with Crippen molar-refractivity contribution >= 4 is 5.96 Å². The van der Waals surface area contributed by atoms with Crippen molar-refractivity contribution < 1.29 is 14.2 Å². The maximum Gasteiger partial charge on any atom is 0.191 e. The van der Waals surface area contributed by atoms with E-state index in [2.05, 4.69) is 15.6 Å². The normalized spacial score (nSPS) is 16.6. The molecule has 1 heterocycles. The highest BCUT2D eigenvalue weighted by Crippen LogP contribution is 2.28. The second-order valence-corrected chi connectivity index (χ2v) is 6.70. The molecule has 6 heteroatoms. The lowest BCUT2D eigenvalue weighted by atomic mass is 10.2. The molecule has 6 nitrogen and oxygen atoms in total. The predicted molar refractivity (Wildman–Crippen MR) is 111 cm³/mol. The summed E-state index contributed by atoms with van der Waals surface area (Å²) < 4.78 is 17.1. The minimum atomic E-state index is 0.277. The lowest BCUT2D eigenvalue weighted by Crippen LogP contribution is -2.40. The van der Waals surface area contributed by atoms with Gasteiger partial charge in [-0.2, -0.15) is 0 Å². The van der Waals surface area contributed by atoms with Crippen LogP contribution in [-0.2, 0) is 17.9 Å². The van der Waals surface area contributed by atoms with Gasteiger partial charge in [0.05, 0.1) is 13.2 Å². The smallest absolute Gasteiger partial charge is 0.191 e. The zero-order chi connectivity index (χ0) is 19.6. The molecule has 1 unspecified atom stereocenters. The molecule has 1 atom stereocenters. The first-order chi connectivity index (χ1) is 13.8. The van der Waals surface area contributed by atoms with E-state index in [1.54, 1.807) is 14.2 Å². The van der Waals surface area contributed by atoms with Gasteiger partial charge < -0.3 is 24.8 Å². The van der Waals surface area contributed by atoms with E-state index in [0.29, 0.717) is 13.2 Å². The fourth-order valence-electron chi connectivity index (χ4n) is 3.10. The van der Waals surface area contributed by atoms with Crippen molar-refractivity contribution in [1.82, 2.24) is 10.6 Å². The molecule has 0 aromatic heterocycles. The summed E-state index contributed by atoms with van der Waals surface area (Å²) in [5.41, 5.74) is 2.21. The highest BCUT2D eigenvalue weighted by Gasteiger charge is 2.15. The van der Waals surface area contributed by atoms with Gasteiger partial charge in [0.2, 0.25) is 0 Å². The third-order valence-electron chi connectivity index (χ3n) is 4.67. The molecule has 2 aromatic rings. The summed E-state index contributed by atoms with van der Waals surface area (Å²) in [5.74, 6) is 2.22. The van der Waals surface area contributed by atoms with Crippen LogP contribution in [0.15, 0.2) is 53.5 Å². The summed E-state index contributed by atoms with van der Waals surface area (Å²) in [7, 11) is 3.43. The van der Waals surface area contributed by atoms with Gasteiger partial charge in [0.15, 0.2) is 17.5 Å². The van der Waals surface area contributed by atoms with Crippen molar-refractivity contribution in [3.63, 3.8) is 0 Å². The molecule has 28 heavy (non-hydrogen) atoms. The van der Waals surface area contributed by atoms with Gasteiger partial charge >= 0.3 is 0 Å². The maximum atomic E-state index is 5.92. The van der Waals surface area contributed by atoms with Gasteiger partial charge in [-0.15, -0.1) is 0 Å². The monoisotopic (exact) mass is 383 g/mol. The number of aliphatic imine (C=N–C) groups is 1. The molecule has 150 valence electrons. The molecular formula is C22H29N3O3. The second kappa shape index (κ2) is 10.6. The van der Waals surface area contributed by atoms with Gasteiger partial charge in [-0.25, -0.2) is 0 Å². The predicted octanol–water partition coefficient (Wildman–Crippen LogP) is 3.12. The van der Waals surface area contributed by atoms with Crippen molar-refractivity contribution in [3.05, 3.63) is 59.7 Å². The summed E-state index contributed by atoms with van der Waals surface area (Å²) in [6.45, 7) is 2.78. The fourth-order valence-corrected chi connectivity index (χ4v) is 3.10. The molecule has 2 N–H and O–H groups in total. The van der Waals surface area contributed by atoms with Gasteiger partial charge in [0.25, 0.3) is 0 Å². The van der Waals surface area contributed by atoms with Gasteiger partial charge in [-0.1, -0.05) is 36.4 Å². The van der Waals surface area contributed by atoms with E-state index in [1.807, 2.05) is 48.5 Å². The molecule has 3 rings (SSSR count). The van der Waals surface area contributed by atoms with Gasteiger partial charge in [0.1, 0.15) is 6.61 Å². The quantitative estimate of drug-likeness (QED) is 0.542. The van der Waals surface area contributed by atoms with Crippen LogP contribution in [0.2, 0.25) is 0 Å². The second-order valence-electron chi connectivity index (χ2n) is 6.70. The van der Waals surface area contributed by atoms with E-state index in [9.17, 15) is 0 Å². The Kier molecular flexibility index (Phi) is 7.55. The van der Waals surface area contributed by atoms with E-state index in [4.69, 9.17) is 14.2 Å². The number of hydrogen-bond donors (Lipinski definition) is 2. The number of ether oxygens (including phenoxy) is 3. The summed E-state index contributed by atoms with van der Waals surface area (Å²) in [6, 6.07) is 16.1. The third-order valence-corrected chi connectivity index (χ3v) is 4.67. The van der Waals surface area contributed by atoms with Gasteiger partial charge in [-0.3, -0.25) is 4.99 Å². The van der Waals surface area contributed by atoms with Crippen LogP contribution in [0, 0.1) is 0 Å². The molecule has 0 radical (unpaired) electrons. The minimum Gasteiger partial charge on any atom is -0.493 e. The highest BCUT2D eigenvalue weighted by molar-refractivity contribution is 5.79. The number of methoxy groups -OCH3 is 1. The summed E-state index contributed by atoms with van der Waals surface area (Å²) in [4.78, 5) is 4.27. The highest BCUT2D eigenvalue weighted by atomic mass is 16.5. The Balaban J connectivity index is 1.52. The molecule has 0 spiro atoms. The standard InChI is InChI=1S/C22H29N3O3/c1-23-22(25-15-19-9-6-12-27-19)24-14-18-10-11-20(21(13-18)26-2)28-16-17-7-4-3-5-8-17/h3-5,7-8,10-11,13,19H,6,9,12,14-16H2,1-2H3,(H2,23,24,25). The van der Waals surface area contributed by atoms with Gasteiger partial charge in [0, 0.05) is 26.7 Å². The van der Waals surface area contributed by atoms with E-state index >= 15 is 0 Å².